The van der Waals surface area contributed by atoms with Gasteiger partial charge in [0.05, 0.1) is 0 Å². The van der Waals surface area contributed by atoms with Gasteiger partial charge < -0.3 is 0 Å². The minimum absolute atomic E-state index is 0.962. The fourth-order valence-corrected chi connectivity index (χ4v) is 7.89. The van der Waals surface area contributed by atoms with Crippen LogP contribution in [0.2, 0.25) is 0 Å². The molecule has 214 valence electrons. The summed E-state index contributed by atoms with van der Waals surface area (Å²) in [5.74, 6) is 0. The van der Waals surface area contributed by atoms with Crippen LogP contribution in [0.15, 0.2) is 121 Å². The number of benzene rings is 8. The van der Waals surface area contributed by atoms with Gasteiger partial charge in [0.15, 0.2) is 0 Å². The first kappa shape index (κ1) is 26.2. The summed E-state index contributed by atoms with van der Waals surface area (Å²) in [6, 6.07) is 46.2. The van der Waals surface area contributed by atoms with Crippen LogP contribution in [0.5, 0.6) is 0 Å². The summed E-state index contributed by atoms with van der Waals surface area (Å²) in [7, 11) is 0. The Hall–Kier alpha value is -5.20. The van der Waals surface area contributed by atoms with Crippen molar-refractivity contribution >= 4 is 43.1 Å². The van der Waals surface area contributed by atoms with Crippen molar-refractivity contribution in [1.82, 2.24) is 0 Å². The zero-order valence-corrected chi connectivity index (χ0v) is 26.3. The fourth-order valence-electron chi connectivity index (χ4n) is 7.89. The summed E-state index contributed by atoms with van der Waals surface area (Å²) in [6.07, 6.45) is 0.962. The molecule has 0 N–H and O–H groups in total. The third-order valence-electron chi connectivity index (χ3n) is 10.4. The summed E-state index contributed by atoms with van der Waals surface area (Å²) in [6.45, 7) is 8.88. The average molecular weight is 575 g/mol. The van der Waals surface area contributed by atoms with E-state index in [1.807, 2.05) is 0 Å². The lowest BCUT2D eigenvalue weighted by atomic mass is 9.90. The maximum atomic E-state index is 2.44. The van der Waals surface area contributed by atoms with Crippen LogP contribution in [0.1, 0.15) is 33.4 Å². The Bertz CT molecular complexity index is 2360. The van der Waals surface area contributed by atoms with Crippen LogP contribution >= 0.6 is 0 Å². The first-order valence-corrected chi connectivity index (χ1v) is 16.1. The lowest BCUT2D eigenvalue weighted by Crippen LogP contribution is -1.89. The predicted octanol–water partition coefficient (Wildman–Crippen LogP) is 12.4. The Balaban J connectivity index is 1.14. The van der Waals surface area contributed by atoms with Crippen LogP contribution < -0.4 is 0 Å². The molecular formula is C45H34. The van der Waals surface area contributed by atoms with Gasteiger partial charge in [-0.15, -0.1) is 0 Å². The Morgan fingerprint density at radius 2 is 0.756 bits per heavy atom. The summed E-state index contributed by atoms with van der Waals surface area (Å²) < 4.78 is 0. The highest BCUT2D eigenvalue weighted by Gasteiger charge is 2.21. The Labute approximate surface area is 264 Å². The van der Waals surface area contributed by atoms with Crippen molar-refractivity contribution in [3.63, 3.8) is 0 Å². The van der Waals surface area contributed by atoms with Gasteiger partial charge >= 0.3 is 0 Å². The average Bonchev–Trinajstić information content (AvgIpc) is 3.41. The standard InChI is InChI=1S/C45H34/c1-26-7-5-9-30-22-44-36(15-11-28(3)42(44)24-40(26)30)32-13-17-38-34(19-32)21-35-20-33(14-18-39(35)38)37-16-12-29(4)43-25-41-27(2)8-6-10-31(41)23-45(37)43/h5-20,22-25H,21H2,1-4H3. The fraction of sp³-hybridized carbons (Fsp3) is 0.111. The molecule has 0 spiro atoms. The molecule has 0 aromatic heterocycles. The van der Waals surface area contributed by atoms with Crippen molar-refractivity contribution in [1.29, 1.82) is 0 Å². The van der Waals surface area contributed by atoms with E-state index >= 15 is 0 Å². The monoisotopic (exact) mass is 574 g/mol. The lowest BCUT2D eigenvalue weighted by molar-refractivity contribution is 1.26. The van der Waals surface area contributed by atoms with Gasteiger partial charge in [0, 0.05) is 0 Å². The van der Waals surface area contributed by atoms with E-state index in [1.54, 1.807) is 0 Å². The van der Waals surface area contributed by atoms with Gasteiger partial charge in [-0.2, -0.15) is 0 Å². The lowest BCUT2D eigenvalue weighted by Gasteiger charge is -2.14. The van der Waals surface area contributed by atoms with Crippen molar-refractivity contribution in [3.8, 4) is 33.4 Å². The van der Waals surface area contributed by atoms with Crippen molar-refractivity contribution in [2.24, 2.45) is 0 Å². The topological polar surface area (TPSA) is 0 Å². The molecule has 1 aliphatic carbocycles. The van der Waals surface area contributed by atoms with Crippen molar-refractivity contribution in [3.05, 3.63) is 155 Å². The van der Waals surface area contributed by atoms with E-state index in [4.69, 9.17) is 0 Å². The van der Waals surface area contributed by atoms with Crippen LogP contribution in [-0.2, 0) is 6.42 Å². The molecule has 45 heavy (non-hydrogen) atoms. The highest BCUT2D eigenvalue weighted by atomic mass is 14.2. The Morgan fingerprint density at radius 1 is 0.333 bits per heavy atom. The van der Waals surface area contributed by atoms with E-state index < -0.39 is 0 Å². The van der Waals surface area contributed by atoms with Gasteiger partial charge in [0.25, 0.3) is 0 Å². The number of fused-ring (bicyclic) bond motifs is 7. The molecule has 0 fully saturated rings. The minimum Gasteiger partial charge on any atom is -0.0614 e. The van der Waals surface area contributed by atoms with Crippen LogP contribution in [0.25, 0.3) is 76.5 Å². The smallest absolute Gasteiger partial charge is 0.00130 e. The van der Waals surface area contributed by atoms with E-state index in [1.165, 1.54) is 110 Å². The van der Waals surface area contributed by atoms with Crippen molar-refractivity contribution in [2.75, 3.05) is 0 Å². The SMILES string of the molecule is Cc1cccc2cc3c(-c4ccc5c(c4)Cc4cc(-c6ccc(C)c7cc8c(C)cccc8cc67)ccc4-5)ccc(C)c3cc12. The summed E-state index contributed by atoms with van der Waals surface area (Å²) in [5.41, 5.74) is 16.1. The largest absolute Gasteiger partial charge is 0.0614 e. The Morgan fingerprint density at radius 3 is 1.22 bits per heavy atom. The minimum atomic E-state index is 0.962. The van der Waals surface area contributed by atoms with Crippen molar-refractivity contribution < 1.29 is 0 Å². The third-order valence-corrected chi connectivity index (χ3v) is 10.4. The Kier molecular flexibility index (Phi) is 5.62. The molecule has 0 bridgehead atoms. The van der Waals surface area contributed by atoms with Gasteiger partial charge in [0.2, 0.25) is 0 Å². The molecule has 0 atom stereocenters. The molecule has 1 aliphatic rings. The van der Waals surface area contributed by atoms with Gasteiger partial charge in [-0.25, -0.2) is 0 Å². The predicted molar refractivity (Wildman–Crippen MR) is 195 cm³/mol. The number of hydrogen-bond donors (Lipinski definition) is 0. The first-order valence-electron chi connectivity index (χ1n) is 16.1. The molecule has 0 heterocycles. The molecule has 0 saturated carbocycles. The second-order valence-corrected chi connectivity index (χ2v) is 13.2. The van der Waals surface area contributed by atoms with Crippen LogP contribution in [-0.4, -0.2) is 0 Å². The summed E-state index contributed by atoms with van der Waals surface area (Å²) in [5, 5.41) is 10.7. The van der Waals surface area contributed by atoms with Crippen LogP contribution in [0.3, 0.4) is 0 Å². The summed E-state index contributed by atoms with van der Waals surface area (Å²) in [4.78, 5) is 0. The molecule has 0 amide bonds. The number of aryl methyl sites for hydroxylation is 4. The molecule has 0 aliphatic heterocycles. The second-order valence-electron chi connectivity index (χ2n) is 13.2. The number of hydrogen-bond acceptors (Lipinski definition) is 0. The second kappa shape index (κ2) is 9.65. The molecule has 0 saturated heterocycles. The van der Waals surface area contributed by atoms with Gasteiger partial charge in [-0.1, -0.05) is 97.1 Å². The van der Waals surface area contributed by atoms with E-state index in [0.717, 1.165) is 6.42 Å². The van der Waals surface area contributed by atoms with E-state index in [-0.39, 0.29) is 0 Å². The maximum Gasteiger partial charge on any atom is -0.00130 e. The van der Waals surface area contributed by atoms with Crippen LogP contribution in [0, 0.1) is 27.7 Å². The van der Waals surface area contributed by atoms with Crippen molar-refractivity contribution in [2.45, 2.75) is 34.1 Å². The van der Waals surface area contributed by atoms with Crippen LogP contribution in [0.4, 0.5) is 0 Å². The van der Waals surface area contributed by atoms with E-state index in [9.17, 15) is 0 Å². The van der Waals surface area contributed by atoms with Gasteiger partial charge in [0.1, 0.15) is 0 Å². The summed E-state index contributed by atoms with van der Waals surface area (Å²) >= 11 is 0. The highest BCUT2D eigenvalue weighted by molar-refractivity contribution is 6.08. The third kappa shape index (κ3) is 3.99. The zero-order chi connectivity index (χ0) is 30.4. The molecule has 0 nitrogen and oxygen atoms in total. The quantitative estimate of drug-likeness (QED) is 0.180. The molecule has 0 unspecified atom stereocenters. The molecular weight excluding hydrogens is 540 g/mol. The van der Waals surface area contributed by atoms with E-state index in [0.29, 0.717) is 0 Å². The first-order chi connectivity index (χ1) is 21.9. The molecule has 8 aromatic carbocycles. The zero-order valence-electron chi connectivity index (χ0n) is 26.3. The normalized spacial score (nSPS) is 12.4. The molecule has 8 aromatic rings. The maximum absolute atomic E-state index is 2.44. The van der Waals surface area contributed by atoms with E-state index in [2.05, 4.69) is 149 Å². The highest BCUT2D eigenvalue weighted by Crippen LogP contribution is 2.43. The molecule has 9 rings (SSSR count). The number of rotatable bonds is 2. The van der Waals surface area contributed by atoms with Gasteiger partial charge in [-0.05, 0) is 168 Å². The molecule has 0 heteroatoms. The molecule has 0 radical (unpaired) electrons. The van der Waals surface area contributed by atoms with Gasteiger partial charge in [-0.3, -0.25) is 0 Å².